The third kappa shape index (κ3) is 51.8. The summed E-state index contributed by atoms with van der Waals surface area (Å²) in [5.74, 6) is -0.904. The van der Waals surface area contributed by atoms with E-state index in [1.54, 1.807) is 0 Å². The molecule has 0 saturated carbocycles. The lowest BCUT2D eigenvalue weighted by Crippen LogP contribution is -2.30. The van der Waals surface area contributed by atoms with E-state index in [4.69, 9.17) is 14.2 Å². The number of unbranched alkanes of at least 4 members (excludes halogenated alkanes) is 27. The second-order valence-electron chi connectivity index (χ2n) is 18.5. The van der Waals surface area contributed by atoms with Gasteiger partial charge in [0.15, 0.2) is 6.10 Å². The van der Waals surface area contributed by atoms with Crippen LogP contribution in [0.5, 0.6) is 0 Å². The van der Waals surface area contributed by atoms with Gasteiger partial charge in [-0.15, -0.1) is 0 Å². The molecule has 1 unspecified atom stereocenters. The van der Waals surface area contributed by atoms with Crippen LogP contribution in [0.25, 0.3) is 0 Å². The van der Waals surface area contributed by atoms with Crippen molar-refractivity contribution in [2.75, 3.05) is 13.2 Å². The molecule has 0 aliphatic rings. The molecule has 0 spiro atoms. The van der Waals surface area contributed by atoms with E-state index in [2.05, 4.69) is 93.7 Å². The Morgan fingerprint density at radius 2 is 0.591 bits per heavy atom. The molecule has 66 heavy (non-hydrogen) atoms. The molecule has 0 rings (SSSR count). The fraction of sp³-hybridized carbons (Fsp3) is 0.750. The van der Waals surface area contributed by atoms with Crippen molar-refractivity contribution in [3.8, 4) is 0 Å². The van der Waals surface area contributed by atoms with Gasteiger partial charge in [0.25, 0.3) is 0 Å². The Balaban J connectivity index is 4.37. The maximum Gasteiger partial charge on any atom is 0.306 e. The number of ether oxygens (including phenoxy) is 3. The van der Waals surface area contributed by atoms with Crippen LogP contribution in [0.2, 0.25) is 0 Å². The first-order valence-electron chi connectivity index (χ1n) is 27.9. The maximum atomic E-state index is 12.8. The Bertz CT molecular complexity index is 1240. The van der Waals surface area contributed by atoms with Crippen molar-refractivity contribution in [2.45, 2.75) is 277 Å². The zero-order valence-corrected chi connectivity index (χ0v) is 43.4. The number of hydrogen-bond donors (Lipinski definition) is 0. The predicted octanol–water partition coefficient (Wildman–Crippen LogP) is 18.6. The Morgan fingerprint density at radius 1 is 0.318 bits per heavy atom. The van der Waals surface area contributed by atoms with Crippen molar-refractivity contribution in [2.24, 2.45) is 0 Å². The lowest BCUT2D eigenvalue weighted by Gasteiger charge is -2.18. The summed E-state index contributed by atoms with van der Waals surface area (Å²) in [5, 5.41) is 0. The quantitative estimate of drug-likeness (QED) is 0.0262. The summed E-state index contributed by atoms with van der Waals surface area (Å²) in [5.41, 5.74) is 0. The lowest BCUT2D eigenvalue weighted by atomic mass is 10.1. The highest BCUT2D eigenvalue weighted by molar-refractivity contribution is 5.71. The second-order valence-corrected chi connectivity index (χ2v) is 18.5. The van der Waals surface area contributed by atoms with Crippen LogP contribution in [0.3, 0.4) is 0 Å². The molecule has 0 aliphatic carbocycles. The summed E-state index contributed by atoms with van der Waals surface area (Å²) < 4.78 is 16.8. The van der Waals surface area contributed by atoms with Gasteiger partial charge in [-0.1, -0.05) is 216 Å². The van der Waals surface area contributed by atoms with Crippen molar-refractivity contribution >= 4 is 17.9 Å². The van der Waals surface area contributed by atoms with E-state index in [1.807, 2.05) is 0 Å². The van der Waals surface area contributed by atoms with Crippen LogP contribution in [0, 0.1) is 0 Å². The number of hydrogen-bond acceptors (Lipinski definition) is 6. The highest BCUT2D eigenvalue weighted by Crippen LogP contribution is 2.15. The number of carbonyl (C=O) groups is 3. The lowest BCUT2D eigenvalue weighted by molar-refractivity contribution is -0.167. The topological polar surface area (TPSA) is 78.9 Å². The molecule has 0 bridgehead atoms. The normalized spacial score (nSPS) is 12.6. The van der Waals surface area contributed by atoms with Gasteiger partial charge >= 0.3 is 17.9 Å². The molecule has 0 N–H and O–H groups in total. The standard InChI is InChI=1S/C60H104O6/c1-4-7-10-13-16-19-22-25-27-28-29-30-31-32-33-36-38-41-44-47-50-53-59(62)65-56-57(55-64-58(61)52-49-46-43-40-37-34-24-21-18-15-12-9-6-3)66-60(63)54-51-48-45-42-39-35-26-23-20-17-14-11-8-5-2/h7,10,16,19,21,23-27,29-30,57H,4-6,8-9,11-15,17-18,20,22,28,31-56H2,1-3H3/b10-7-,19-16-,24-21-,26-23-,27-25-,30-29-. The van der Waals surface area contributed by atoms with Crippen molar-refractivity contribution in [3.63, 3.8) is 0 Å². The highest BCUT2D eigenvalue weighted by Gasteiger charge is 2.19. The van der Waals surface area contributed by atoms with Gasteiger partial charge in [0, 0.05) is 19.3 Å². The van der Waals surface area contributed by atoms with Crippen LogP contribution >= 0.6 is 0 Å². The van der Waals surface area contributed by atoms with E-state index in [9.17, 15) is 14.4 Å². The van der Waals surface area contributed by atoms with Gasteiger partial charge < -0.3 is 14.2 Å². The molecule has 1 atom stereocenters. The molecule has 380 valence electrons. The van der Waals surface area contributed by atoms with Crippen LogP contribution < -0.4 is 0 Å². The van der Waals surface area contributed by atoms with Crippen LogP contribution in [0.15, 0.2) is 72.9 Å². The largest absolute Gasteiger partial charge is 0.462 e. The van der Waals surface area contributed by atoms with E-state index in [1.165, 1.54) is 122 Å². The van der Waals surface area contributed by atoms with Gasteiger partial charge in [-0.25, -0.2) is 0 Å². The SMILES string of the molecule is CC/C=C\C/C=C\C/C=C\C/C=C\CCCCCCCCCCC(=O)OCC(COC(=O)CCCCCCC/C=C\CCCCCC)OC(=O)CCCCCCC/C=C\CCCCCCC. The Labute approximate surface area is 408 Å². The second kappa shape index (κ2) is 54.5. The van der Waals surface area contributed by atoms with Crippen LogP contribution in [0.1, 0.15) is 271 Å². The molecule has 0 aromatic heterocycles. The van der Waals surface area contributed by atoms with Gasteiger partial charge in [0.05, 0.1) is 0 Å². The molecule has 0 aromatic rings. The van der Waals surface area contributed by atoms with Crippen LogP contribution in [-0.4, -0.2) is 37.2 Å². The fourth-order valence-electron chi connectivity index (χ4n) is 7.72. The molecule has 0 heterocycles. The summed E-state index contributed by atoms with van der Waals surface area (Å²) in [7, 11) is 0. The molecular formula is C60H104O6. The summed E-state index contributed by atoms with van der Waals surface area (Å²) in [6.45, 7) is 6.49. The van der Waals surface area contributed by atoms with Gasteiger partial charge in [-0.3, -0.25) is 14.4 Å². The number of allylic oxidation sites excluding steroid dienone is 12. The first kappa shape index (κ1) is 62.8. The molecule has 0 radical (unpaired) electrons. The van der Waals surface area contributed by atoms with Crippen LogP contribution in [-0.2, 0) is 28.6 Å². The summed E-state index contributed by atoms with van der Waals surface area (Å²) in [4.78, 5) is 38.1. The third-order valence-electron chi connectivity index (χ3n) is 11.9. The maximum absolute atomic E-state index is 12.8. The van der Waals surface area contributed by atoms with E-state index < -0.39 is 6.10 Å². The van der Waals surface area contributed by atoms with Crippen LogP contribution in [0.4, 0.5) is 0 Å². The summed E-state index contributed by atoms with van der Waals surface area (Å²) >= 11 is 0. The zero-order valence-electron chi connectivity index (χ0n) is 43.4. The van der Waals surface area contributed by atoms with Gasteiger partial charge in [-0.05, 0) is 109 Å². The van der Waals surface area contributed by atoms with E-state index in [-0.39, 0.29) is 31.1 Å². The van der Waals surface area contributed by atoms with Gasteiger partial charge in [-0.2, -0.15) is 0 Å². The van der Waals surface area contributed by atoms with Gasteiger partial charge in [0.2, 0.25) is 0 Å². The molecule has 0 saturated heterocycles. The van der Waals surface area contributed by atoms with Gasteiger partial charge in [0.1, 0.15) is 13.2 Å². The van der Waals surface area contributed by atoms with Crippen molar-refractivity contribution in [1.82, 2.24) is 0 Å². The highest BCUT2D eigenvalue weighted by atomic mass is 16.6. The Hall–Kier alpha value is -3.15. The Kier molecular flexibility index (Phi) is 51.9. The molecular weight excluding hydrogens is 817 g/mol. The third-order valence-corrected chi connectivity index (χ3v) is 11.9. The van der Waals surface area contributed by atoms with Crippen molar-refractivity contribution in [1.29, 1.82) is 0 Å². The van der Waals surface area contributed by atoms with Crippen molar-refractivity contribution < 1.29 is 28.6 Å². The minimum Gasteiger partial charge on any atom is -0.462 e. The monoisotopic (exact) mass is 921 g/mol. The first-order chi connectivity index (χ1) is 32.5. The molecule has 0 amide bonds. The van der Waals surface area contributed by atoms with E-state index >= 15 is 0 Å². The van der Waals surface area contributed by atoms with E-state index in [0.29, 0.717) is 19.3 Å². The molecule has 0 aliphatic heterocycles. The first-order valence-corrected chi connectivity index (χ1v) is 27.9. The van der Waals surface area contributed by atoms with E-state index in [0.717, 1.165) is 109 Å². The molecule has 6 nitrogen and oxygen atoms in total. The minimum atomic E-state index is -0.786. The molecule has 6 heteroatoms. The molecule has 0 aromatic carbocycles. The summed E-state index contributed by atoms with van der Waals surface area (Å²) in [6.07, 6.45) is 68.8. The Morgan fingerprint density at radius 3 is 0.955 bits per heavy atom. The molecule has 0 fully saturated rings. The fourth-order valence-corrected chi connectivity index (χ4v) is 7.72. The predicted molar refractivity (Wildman–Crippen MR) is 284 cm³/mol. The zero-order chi connectivity index (χ0) is 47.9. The number of esters is 3. The average molecular weight is 921 g/mol. The smallest absolute Gasteiger partial charge is 0.306 e. The minimum absolute atomic E-state index is 0.0850. The number of rotatable bonds is 50. The van der Waals surface area contributed by atoms with Crippen molar-refractivity contribution in [3.05, 3.63) is 72.9 Å². The average Bonchev–Trinajstić information content (AvgIpc) is 3.31. The number of carbonyl (C=O) groups excluding carboxylic acids is 3. The summed E-state index contributed by atoms with van der Waals surface area (Å²) in [6, 6.07) is 0.